The summed E-state index contributed by atoms with van der Waals surface area (Å²) in [6.45, 7) is 6.23. The Morgan fingerprint density at radius 3 is 2.43 bits per heavy atom. The van der Waals surface area contributed by atoms with Crippen LogP contribution in [0.1, 0.15) is 46.5 Å². The summed E-state index contributed by atoms with van der Waals surface area (Å²) < 4.78 is 0. The number of carbonyl (C=O) groups excluding carboxylic acids is 1. The molecule has 3 nitrogen and oxygen atoms in total. The zero-order valence-electron chi connectivity index (χ0n) is 9.92. The second kappa shape index (κ2) is 6.82. The van der Waals surface area contributed by atoms with Crippen molar-refractivity contribution in [1.29, 1.82) is 0 Å². The van der Waals surface area contributed by atoms with Crippen LogP contribution in [-0.4, -0.2) is 29.9 Å². The first kappa shape index (κ1) is 13.4. The normalized spacial score (nSPS) is 14.9. The van der Waals surface area contributed by atoms with Gasteiger partial charge < -0.3 is 10.6 Å². The van der Waals surface area contributed by atoms with Crippen molar-refractivity contribution in [3.63, 3.8) is 0 Å². The van der Waals surface area contributed by atoms with E-state index in [9.17, 15) is 4.79 Å². The van der Waals surface area contributed by atoms with Gasteiger partial charge in [-0.1, -0.05) is 26.7 Å². The fourth-order valence-corrected chi connectivity index (χ4v) is 1.30. The van der Waals surface area contributed by atoms with Crippen LogP contribution in [0, 0.1) is 0 Å². The molecule has 0 aromatic rings. The molecule has 0 bridgehead atoms. The standard InChI is InChI=1S/C11H24N2O/c1-5-7-8-10(12)11(14)13(4)9(3)6-2/h9-10H,5-8,12H2,1-4H3. The minimum absolute atomic E-state index is 0.0767. The minimum Gasteiger partial charge on any atom is -0.342 e. The lowest BCUT2D eigenvalue weighted by molar-refractivity contribution is -0.133. The topological polar surface area (TPSA) is 46.3 Å². The molecule has 2 unspecified atom stereocenters. The second-order valence-corrected chi connectivity index (χ2v) is 3.96. The molecule has 0 saturated heterocycles. The highest BCUT2D eigenvalue weighted by Crippen LogP contribution is 2.06. The van der Waals surface area contributed by atoms with Crippen molar-refractivity contribution in [3.05, 3.63) is 0 Å². The molecule has 2 atom stereocenters. The van der Waals surface area contributed by atoms with Gasteiger partial charge in [-0.05, 0) is 19.8 Å². The Kier molecular flexibility index (Phi) is 6.54. The van der Waals surface area contributed by atoms with Crippen molar-refractivity contribution in [3.8, 4) is 0 Å². The van der Waals surface area contributed by atoms with Gasteiger partial charge in [0.2, 0.25) is 5.91 Å². The SMILES string of the molecule is CCCCC(N)C(=O)N(C)C(C)CC. The first-order chi connectivity index (χ1) is 6.54. The van der Waals surface area contributed by atoms with E-state index in [-0.39, 0.29) is 18.0 Å². The van der Waals surface area contributed by atoms with Gasteiger partial charge in [0.15, 0.2) is 0 Å². The van der Waals surface area contributed by atoms with E-state index in [1.54, 1.807) is 4.90 Å². The van der Waals surface area contributed by atoms with Crippen LogP contribution in [0.25, 0.3) is 0 Å². The monoisotopic (exact) mass is 200 g/mol. The van der Waals surface area contributed by atoms with Crippen LogP contribution < -0.4 is 5.73 Å². The number of carbonyl (C=O) groups is 1. The highest BCUT2D eigenvalue weighted by Gasteiger charge is 2.20. The van der Waals surface area contributed by atoms with Gasteiger partial charge in [-0.3, -0.25) is 4.79 Å². The van der Waals surface area contributed by atoms with Crippen LogP contribution in [0.15, 0.2) is 0 Å². The number of unbranched alkanes of at least 4 members (excludes halogenated alkanes) is 1. The van der Waals surface area contributed by atoms with Gasteiger partial charge in [0, 0.05) is 13.1 Å². The van der Waals surface area contributed by atoms with E-state index in [0.717, 1.165) is 25.7 Å². The summed E-state index contributed by atoms with van der Waals surface area (Å²) in [6.07, 6.45) is 3.90. The van der Waals surface area contributed by atoms with Crippen LogP contribution in [-0.2, 0) is 4.79 Å². The van der Waals surface area contributed by atoms with Gasteiger partial charge in [0.05, 0.1) is 6.04 Å². The molecule has 84 valence electrons. The molecule has 0 aromatic heterocycles. The number of amides is 1. The predicted octanol–water partition coefficient (Wildman–Crippen LogP) is 1.76. The molecule has 14 heavy (non-hydrogen) atoms. The van der Waals surface area contributed by atoms with Crippen molar-refractivity contribution in [2.24, 2.45) is 5.73 Å². The maximum absolute atomic E-state index is 11.8. The molecule has 0 fully saturated rings. The summed E-state index contributed by atoms with van der Waals surface area (Å²) in [7, 11) is 1.84. The van der Waals surface area contributed by atoms with Crippen molar-refractivity contribution >= 4 is 5.91 Å². The van der Waals surface area contributed by atoms with E-state index < -0.39 is 0 Å². The van der Waals surface area contributed by atoms with Crippen LogP contribution in [0.2, 0.25) is 0 Å². The maximum atomic E-state index is 11.8. The first-order valence-electron chi connectivity index (χ1n) is 5.56. The third-order valence-corrected chi connectivity index (χ3v) is 2.79. The first-order valence-corrected chi connectivity index (χ1v) is 5.56. The summed E-state index contributed by atoms with van der Waals surface area (Å²) >= 11 is 0. The van der Waals surface area contributed by atoms with Crippen LogP contribution >= 0.6 is 0 Å². The smallest absolute Gasteiger partial charge is 0.239 e. The van der Waals surface area contributed by atoms with Gasteiger partial charge in [-0.25, -0.2) is 0 Å². The number of hydrogen-bond donors (Lipinski definition) is 1. The minimum atomic E-state index is -0.311. The van der Waals surface area contributed by atoms with Crippen molar-refractivity contribution in [2.45, 2.75) is 58.5 Å². The number of nitrogens with zero attached hydrogens (tertiary/aromatic N) is 1. The van der Waals surface area contributed by atoms with Crippen molar-refractivity contribution in [1.82, 2.24) is 4.90 Å². The van der Waals surface area contributed by atoms with Gasteiger partial charge in [0.1, 0.15) is 0 Å². The molecule has 0 aliphatic rings. The van der Waals surface area contributed by atoms with Crippen LogP contribution in [0.4, 0.5) is 0 Å². The molecular formula is C11H24N2O. The Morgan fingerprint density at radius 1 is 1.43 bits per heavy atom. The van der Waals surface area contributed by atoms with Crippen molar-refractivity contribution in [2.75, 3.05) is 7.05 Å². The Hall–Kier alpha value is -0.570. The number of rotatable bonds is 6. The molecule has 0 aliphatic carbocycles. The second-order valence-electron chi connectivity index (χ2n) is 3.96. The molecule has 0 spiro atoms. The number of likely N-dealkylation sites (N-methyl/N-ethyl adjacent to an activating group) is 1. The van der Waals surface area contributed by atoms with E-state index in [0.29, 0.717) is 0 Å². The third-order valence-electron chi connectivity index (χ3n) is 2.79. The lowest BCUT2D eigenvalue weighted by atomic mass is 10.1. The van der Waals surface area contributed by atoms with Gasteiger partial charge in [0.25, 0.3) is 0 Å². The molecular weight excluding hydrogens is 176 g/mol. The summed E-state index contributed by atoms with van der Waals surface area (Å²) in [4.78, 5) is 13.5. The van der Waals surface area contributed by atoms with Gasteiger partial charge >= 0.3 is 0 Å². The van der Waals surface area contributed by atoms with E-state index in [4.69, 9.17) is 5.73 Å². The van der Waals surface area contributed by atoms with Crippen LogP contribution in [0.3, 0.4) is 0 Å². The molecule has 0 heterocycles. The molecule has 3 heteroatoms. The molecule has 2 N–H and O–H groups in total. The lowest BCUT2D eigenvalue weighted by Gasteiger charge is -2.26. The fourth-order valence-electron chi connectivity index (χ4n) is 1.30. The molecule has 0 saturated carbocycles. The quantitative estimate of drug-likeness (QED) is 0.710. The summed E-state index contributed by atoms with van der Waals surface area (Å²) in [6, 6.07) is -0.0240. The summed E-state index contributed by atoms with van der Waals surface area (Å²) in [5.74, 6) is 0.0767. The molecule has 0 radical (unpaired) electrons. The summed E-state index contributed by atoms with van der Waals surface area (Å²) in [5.41, 5.74) is 5.81. The lowest BCUT2D eigenvalue weighted by Crippen LogP contribution is -2.45. The van der Waals surface area contributed by atoms with Gasteiger partial charge in [-0.2, -0.15) is 0 Å². The van der Waals surface area contributed by atoms with Gasteiger partial charge in [-0.15, -0.1) is 0 Å². The molecule has 0 rings (SSSR count). The maximum Gasteiger partial charge on any atom is 0.239 e. The molecule has 0 aliphatic heterocycles. The average Bonchev–Trinajstić information content (AvgIpc) is 2.22. The predicted molar refractivity (Wildman–Crippen MR) is 60.0 cm³/mol. The van der Waals surface area contributed by atoms with Crippen molar-refractivity contribution < 1.29 is 4.79 Å². The molecule has 0 aromatic carbocycles. The van der Waals surface area contributed by atoms with E-state index in [2.05, 4.69) is 13.8 Å². The fraction of sp³-hybridized carbons (Fsp3) is 0.909. The molecule has 1 amide bonds. The van der Waals surface area contributed by atoms with E-state index in [1.165, 1.54) is 0 Å². The number of hydrogen-bond acceptors (Lipinski definition) is 2. The summed E-state index contributed by atoms with van der Waals surface area (Å²) in [5, 5.41) is 0. The Balaban J connectivity index is 4.03. The highest BCUT2D eigenvalue weighted by atomic mass is 16.2. The Labute approximate surface area is 87.6 Å². The third kappa shape index (κ3) is 4.09. The van der Waals surface area contributed by atoms with Crippen LogP contribution in [0.5, 0.6) is 0 Å². The zero-order chi connectivity index (χ0) is 11.1. The highest BCUT2D eigenvalue weighted by molar-refractivity contribution is 5.81. The van der Waals surface area contributed by atoms with E-state index >= 15 is 0 Å². The Bertz CT molecular complexity index is 171. The average molecular weight is 200 g/mol. The largest absolute Gasteiger partial charge is 0.342 e. The zero-order valence-corrected chi connectivity index (χ0v) is 9.92. The van der Waals surface area contributed by atoms with E-state index in [1.807, 2.05) is 14.0 Å². The number of nitrogens with two attached hydrogens (primary N) is 1. The Morgan fingerprint density at radius 2 is 2.00 bits per heavy atom.